The molecule has 0 aromatic rings. The van der Waals surface area contributed by atoms with E-state index in [9.17, 15) is 0 Å². The van der Waals surface area contributed by atoms with E-state index in [0.717, 1.165) is 13.0 Å². The zero-order chi connectivity index (χ0) is 8.65. The van der Waals surface area contributed by atoms with Gasteiger partial charge in [0.15, 0.2) is 0 Å². The van der Waals surface area contributed by atoms with Gasteiger partial charge in [0.2, 0.25) is 0 Å². The average Bonchev–Trinajstić information content (AvgIpc) is 2.57. The van der Waals surface area contributed by atoms with Crippen molar-refractivity contribution in [1.82, 2.24) is 0 Å². The van der Waals surface area contributed by atoms with Crippen LogP contribution in [0.3, 0.4) is 0 Å². The van der Waals surface area contributed by atoms with Gasteiger partial charge in [-0.15, -0.1) is 0 Å². The van der Waals surface area contributed by atoms with Crippen LogP contribution in [0.1, 0.15) is 32.6 Å². The predicted molar refractivity (Wildman–Crippen MR) is 47.3 cm³/mol. The molecule has 0 N–H and O–H groups in total. The van der Waals surface area contributed by atoms with E-state index in [4.69, 9.17) is 3.32 Å². The van der Waals surface area contributed by atoms with Crippen LogP contribution in [0.15, 0.2) is 22.1 Å². The van der Waals surface area contributed by atoms with E-state index in [0.29, 0.717) is 0 Å². The van der Waals surface area contributed by atoms with Crippen LogP contribution < -0.4 is 0 Å². The summed E-state index contributed by atoms with van der Waals surface area (Å²) in [6.45, 7) is 3.20. The minimum absolute atomic E-state index is 0.224. The van der Waals surface area contributed by atoms with Gasteiger partial charge in [0.25, 0.3) is 0 Å². The molecule has 1 aliphatic carbocycles. The summed E-state index contributed by atoms with van der Waals surface area (Å²) in [5, 5.41) is 0. The number of allylic oxidation sites excluding steroid dienone is 4. The summed E-state index contributed by atoms with van der Waals surface area (Å²) in [7, 11) is 0. The second-order valence-electron chi connectivity index (χ2n) is 2.98. The van der Waals surface area contributed by atoms with E-state index < -0.39 is 0 Å². The Labute approximate surface area is 84.3 Å². The van der Waals surface area contributed by atoms with Crippen LogP contribution in [-0.2, 0) is 22.9 Å². The van der Waals surface area contributed by atoms with Crippen LogP contribution >= 0.6 is 0 Å². The molecular weight excluding hydrogens is 184 g/mol. The van der Waals surface area contributed by atoms with Gasteiger partial charge < -0.3 is 0 Å². The first-order valence-electron chi connectivity index (χ1n) is 4.67. The monoisotopic (exact) mass is 200 g/mol. The molecule has 2 heteroatoms. The van der Waals surface area contributed by atoms with Crippen molar-refractivity contribution in [3.05, 3.63) is 22.1 Å². The molecule has 0 saturated heterocycles. The van der Waals surface area contributed by atoms with Gasteiger partial charge in [-0.2, -0.15) is 0 Å². The quantitative estimate of drug-likeness (QED) is 0.473. The molecule has 1 nitrogen and oxygen atoms in total. The molecule has 1 rings (SSSR count). The molecule has 0 heterocycles. The Morgan fingerprint density at radius 1 is 1.50 bits per heavy atom. The van der Waals surface area contributed by atoms with Gasteiger partial charge in [-0.25, -0.2) is 0 Å². The van der Waals surface area contributed by atoms with Crippen LogP contribution in [0.25, 0.3) is 0 Å². The fourth-order valence-electron chi connectivity index (χ4n) is 1.09. The van der Waals surface area contributed by atoms with Crippen molar-refractivity contribution in [3.8, 4) is 0 Å². The van der Waals surface area contributed by atoms with Crippen molar-refractivity contribution in [2.45, 2.75) is 32.6 Å². The molecule has 0 fully saturated rings. The number of hydrogen-bond donors (Lipinski definition) is 0. The summed E-state index contributed by atoms with van der Waals surface area (Å²) in [4.78, 5) is 0. The SMILES string of the molecule is CCCCC[O][Ti][C]1=CC=CC1. The summed E-state index contributed by atoms with van der Waals surface area (Å²) in [6.07, 6.45) is 11.5. The Bertz CT molecular complexity index is 173. The number of hydrogen-bond acceptors (Lipinski definition) is 1. The van der Waals surface area contributed by atoms with E-state index in [1.165, 1.54) is 23.1 Å². The van der Waals surface area contributed by atoms with Crippen molar-refractivity contribution >= 4 is 0 Å². The van der Waals surface area contributed by atoms with Crippen molar-refractivity contribution in [2.75, 3.05) is 6.61 Å². The Morgan fingerprint density at radius 2 is 2.42 bits per heavy atom. The van der Waals surface area contributed by atoms with Crippen LogP contribution in [0.2, 0.25) is 0 Å². The van der Waals surface area contributed by atoms with Crippen LogP contribution in [0.5, 0.6) is 0 Å². The molecule has 0 amide bonds. The maximum absolute atomic E-state index is 5.64. The van der Waals surface area contributed by atoms with E-state index in [1.54, 1.807) is 0 Å². The molecule has 0 aromatic heterocycles. The molecule has 0 aliphatic heterocycles. The van der Waals surface area contributed by atoms with Crippen LogP contribution in [0.4, 0.5) is 0 Å². The molecule has 12 heavy (non-hydrogen) atoms. The van der Waals surface area contributed by atoms with Crippen molar-refractivity contribution in [2.24, 2.45) is 0 Å². The predicted octanol–water partition coefficient (Wildman–Crippen LogP) is 3.03. The molecule has 0 saturated carbocycles. The van der Waals surface area contributed by atoms with Crippen LogP contribution in [0, 0.1) is 0 Å². The van der Waals surface area contributed by atoms with Gasteiger partial charge in [0, 0.05) is 0 Å². The fraction of sp³-hybridized carbons (Fsp3) is 0.600. The molecule has 0 bridgehead atoms. The zero-order valence-electron chi connectivity index (χ0n) is 7.68. The van der Waals surface area contributed by atoms with Crippen molar-refractivity contribution < 1.29 is 22.9 Å². The molecule has 0 aromatic carbocycles. The molecule has 0 unspecified atom stereocenters. The Hall–Kier alpha value is 0.154. The van der Waals surface area contributed by atoms with Crippen LogP contribution in [-0.4, -0.2) is 6.61 Å². The first-order valence-corrected chi connectivity index (χ1v) is 6.09. The third kappa shape index (κ3) is 4.25. The summed E-state index contributed by atoms with van der Waals surface area (Å²) in [5.74, 6) is 0. The molecule has 66 valence electrons. The van der Waals surface area contributed by atoms with E-state index in [2.05, 4.69) is 25.2 Å². The Balaban J connectivity index is 1.89. The second-order valence-corrected chi connectivity index (χ2v) is 4.75. The Kier molecular flexibility index (Phi) is 5.67. The Morgan fingerprint density at radius 3 is 3.08 bits per heavy atom. The summed E-state index contributed by atoms with van der Waals surface area (Å²) in [6, 6.07) is 0. The third-order valence-electron chi connectivity index (χ3n) is 1.82. The molecular formula is C10H16OTi. The van der Waals surface area contributed by atoms with E-state index in [1.807, 2.05) is 0 Å². The van der Waals surface area contributed by atoms with Crippen molar-refractivity contribution in [3.63, 3.8) is 0 Å². The van der Waals surface area contributed by atoms with Gasteiger partial charge in [0.05, 0.1) is 0 Å². The topological polar surface area (TPSA) is 9.23 Å². The zero-order valence-corrected chi connectivity index (χ0v) is 9.24. The van der Waals surface area contributed by atoms with Crippen molar-refractivity contribution in [1.29, 1.82) is 0 Å². The maximum atomic E-state index is 5.64. The standard InChI is InChI=1S/C5H11O.C5H5.Ti/c1-2-3-4-5-6;1-2-4-5-3-1;/h2-5H2,1H3;1-3H,4H2;/q-1;;+1. The average molecular weight is 200 g/mol. The molecule has 0 radical (unpaired) electrons. The summed E-state index contributed by atoms with van der Waals surface area (Å²) in [5.41, 5.74) is 0. The van der Waals surface area contributed by atoms with Gasteiger partial charge in [0.1, 0.15) is 0 Å². The normalized spacial score (nSPS) is 14.9. The molecule has 0 atom stereocenters. The number of rotatable bonds is 6. The summed E-state index contributed by atoms with van der Waals surface area (Å²) >= 11 is -0.224. The minimum atomic E-state index is -0.224. The van der Waals surface area contributed by atoms with E-state index in [-0.39, 0.29) is 19.5 Å². The van der Waals surface area contributed by atoms with Gasteiger partial charge in [-0.1, -0.05) is 0 Å². The number of unbranched alkanes of at least 4 members (excludes halogenated alkanes) is 2. The first kappa shape index (κ1) is 10.2. The van der Waals surface area contributed by atoms with Gasteiger partial charge >= 0.3 is 84.2 Å². The first-order chi connectivity index (χ1) is 5.93. The molecule has 1 aliphatic rings. The van der Waals surface area contributed by atoms with Gasteiger partial charge in [-0.05, 0) is 0 Å². The fourth-order valence-corrected chi connectivity index (χ4v) is 2.34. The van der Waals surface area contributed by atoms with E-state index >= 15 is 0 Å². The third-order valence-corrected chi connectivity index (χ3v) is 3.36. The summed E-state index contributed by atoms with van der Waals surface area (Å²) < 4.78 is 7.17. The second kappa shape index (κ2) is 6.65. The molecule has 0 spiro atoms. The van der Waals surface area contributed by atoms with Gasteiger partial charge in [-0.3, -0.25) is 0 Å².